The van der Waals surface area contributed by atoms with E-state index < -0.39 is 0 Å². The highest BCUT2D eigenvalue weighted by Crippen LogP contribution is 2.41. The number of methoxy groups -OCH3 is 1. The fourth-order valence-electron chi connectivity index (χ4n) is 2.51. The molecule has 2 nitrogen and oxygen atoms in total. The first kappa shape index (κ1) is 13.8. The summed E-state index contributed by atoms with van der Waals surface area (Å²) in [6.07, 6.45) is 2.15. The second kappa shape index (κ2) is 6.02. The fourth-order valence-corrected chi connectivity index (χ4v) is 3.49. The van der Waals surface area contributed by atoms with Gasteiger partial charge in [0.15, 0.2) is 0 Å². The first-order valence-corrected chi connectivity index (χ1v) is 7.18. The van der Waals surface area contributed by atoms with Gasteiger partial charge < -0.3 is 9.47 Å². The summed E-state index contributed by atoms with van der Waals surface area (Å²) in [5.41, 5.74) is 0.685. The molecule has 100 valence electrons. The largest absolute Gasteiger partial charge is 0.497 e. The summed E-state index contributed by atoms with van der Waals surface area (Å²) in [5.74, 6) is 0.654. The third-order valence-corrected chi connectivity index (χ3v) is 4.72. The van der Waals surface area contributed by atoms with Crippen LogP contribution in [0.3, 0.4) is 0 Å². The minimum atomic E-state index is -0.224. The van der Waals surface area contributed by atoms with Gasteiger partial charge in [-0.05, 0) is 18.9 Å². The SMILES string of the molecule is CCC1OCCC1C(Br)c1ccc(OC)cc1F. The Morgan fingerprint density at radius 1 is 1.56 bits per heavy atom. The highest BCUT2D eigenvalue weighted by Gasteiger charge is 2.34. The topological polar surface area (TPSA) is 18.5 Å². The van der Waals surface area contributed by atoms with E-state index >= 15 is 0 Å². The smallest absolute Gasteiger partial charge is 0.131 e. The lowest BCUT2D eigenvalue weighted by atomic mass is 9.91. The minimum absolute atomic E-state index is 0.00384. The zero-order valence-electron chi connectivity index (χ0n) is 10.7. The molecule has 0 aromatic heterocycles. The molecule has 2 rings (SSSR count). The van der Waals surface area contributed by atoms with Crippen LogP contribution in [0, 0.1) is 11.7 Å². The average Bonchev–Trinajstić information content (AvgIpc) is 2.86. The fraction of sp³-hybridized carbons (Fsp3) is 0.571. The third-order valence-electron chi connectivity index (χ3n) is 3.54. The van der Waals surface area contributed by atoms with E-state index in [9.17, 15) is 4.39 Å². The zero-order valence-corrected chi connectivity index (χ0v) is 12.2. The maximum Gasteiger partial charge on any atom is 0.131 e. The Morgan fingerprint density at radius 3 is 2.94 bits per heavy atom. The van der Waals surface area contributed by atoms with Gasteiger partial charge in [0.25, 0.3) is 0 Å². The predicted molar refractivity (Wildman–Crippen MR) is 72.8 cm³/mol. The molecule has 0 N–H and O–H groups in total. The molecule has 1 aliphatic rings. The van der Waals surface area contributed by atoms with Crippen LogP contribution in [0.2, 0.25) is 0 Å². The van der Waals surface area contributed by atoms with Crippen LogP contribution >= 0.6 is 15.9 Å². The van der Waals surface area contributed by atoms with Gasteiger partial charge in [0.2, 0.25) is 0 Å². The summed E-state index contributed by atoms with van der Waals surface area (Å²) in [6.45, 7) is 2.87. The van der Waals surface area contributed by atoms with Gasteiger partial charge in [0.1, 0.15) is 11.6 Å². The Kier molecular flexibility index (Phi) is 4.62. The van der Waals surface area contributed by atoms with Crippen molar-refractivity contribution in [3.05, 3.63) is 29.6 Å². The van der Waals surface area contributed by atoms with Crippen LogP contribution in [-0.2, 0) is 4.74 Å². The summed E-state index contributed by atoms with van der Waals surface area (Å²) < 4.78 is 24.7. The molecular weight excluding hydrogens is 299 g/mol. The molecule has 0 spiro atoms. The van der Waals surface area contributed by atoms with Crippen LogP contribution < -0.4 is 4.74 Å². The number of alkyl halides is 1. The van der Waals surface area contributed by atoms with Crippen molar-refractivity contribution in [2.24, 2.45) is 5.92 Å². The lowest BCUT2D eigenvalue weighted by molar-refractivity contribution is 0.0871. The highest BCUT2D eigenvalue weighted by atomic mass is 79.9. The molecule has 1 fully saturated rings. The van der Waals surface area contributed by atoms with Crippen LogP contribution in [0.4, 0.5) is 4.39 Å². The number of benzene rings is 1. The van der Waals surface area contributed by atoms with Gasteiger partial charge in [-0.1, -0.05) is 28.9 Å². The molecule has 0 amide bonds. The summed E-state index contributed by atoms with van der Waals surface area (Å²) in [6, 6.07) is 5.02. The van der Waals surface area contributed by atoms with Gasteiger partial charge in [-0.15, -0.1) is 0 Å². The molecular formula is C14H18BrFO2. The van der Waals surface area contributed by atoms with Crippen LogP contribution in [0.5, 0.6) is 5.75 Å². The van der Waals surface area contributed by atoms with Crippen molar-refractivity contribution in [2.75, 3.05) is 13.7 Å². The molecule has 1 saturated heterocycles. The first-order chi connectivity index (χ1) is 8.67. The van der Waals surface area contributed by atoms with E-state index in [0.717, 1.165) is 19.4 Å². The van der Waals surface area contributed by atoms with E-state index in [2.05, 4.69) is 22.9 Å². The van der Waals surface area contributed by atoms with Gasteiger partial charge >= 0.3 is 0 Å². The molecule has 4 heteroatoms. The average molecular weight is 317 g/mol. The van der Waals surface area contributed by atoms with E-state index in [4.69, 9.17) is 9.47 Å². The Balaban J connectivity index is 2.20. The number of hydrogen-bond acceptors (Lipinski definition) is 2. The van der Waals surface area contributed by atoms with Gasteiger partial charge in [-0.3, -0.25) is 0 Å². The molecule has 1 aromatic carbocycles. The predicted octanol–water partition coefficient (Wildman–Crippen LogP) is 4.09. The van der Waals surface area contributed by atoms with Gasteiger partial charge in [-0.2, -0.15) is 0 Å². The quantitative estimate of drug-likeness (QED) is 0.779. The Labute approximate surface area is 116 Å². The minimum Gasteiger partial charge on any atom is -0.497 e. The van der Waals surface area contributed by atoms with E-state index in [0.29, 0.717) is 17.2 Å². The number of hydrogen-bond donors (Lipinski definition) is 0. The van der Waals surface area contributed by atoms with E-state index in [1.165, 1.54) is 13.2 Å². The van der Waals surface area contributed by atoms with Crippen molar-refractivity contribution < 1.29 is 13.9 Å². The number of rotatable bonds is 4. The van der Waals surface area contributed by atoms with Crippen LogP contribution in [0.1, 0.15) is 30.2 Å². The molecule has 1 heterocycles. The molecule has 0 bridgehead atoms. The van der Waals surface area contributed by atoms with Crippen molar-refractivity contribution in [2.45, 2.75) is 30.7 Å². The van der Waals surface area contributed by atoms with Crippen LogP contribution in [0.15, 0.2) is 18.2 Å². The molecule has 1 aromatic rings. The van der Waals surface area contributed by atoms with E-state index in [-0.39, 0.29) is 16.7 Å². The van der Waals surface area contributed by atoms with E-state index in [1.54, 1.807) is 12.1 Å². The van der Waals surface area contributed by atoms with Gasteiger partial charge in [-0.25, -0.2) is 4.39 Å². The zero-order chi connectivity index (χ0) is 13.1. The van der Waals surface area contributed by atoms with Crippen LogP contribution in [0.25, 0.3) is 0 Å². The number of halogens is 2. The molecule has 0 aliphatic carbocycles. The molecule has 0 radical (unpaired) electrons. The lowest BCUT2D eigenvalue weighted by Crippen LogP contribution is -2.19. The van der Waals surface area contributed by atoms with E-state index in [1.807, 2.05) is 0 Å². The van der Waals surface area contributed by atoms with Gasteiger partial charge in [0, 0.05) is 29.0 Å². The monoisotopic (exact) mass is 316 g/mol. The van der Waals surface area contributed by atoms with Crippen LogP contribution in [-0.4, -0.2) is 19.8 Å². The Hall–Kier alpha value is -0.610. The summed E-state index contributed by atoms with van der Waals surface area (Å²) in [7, 11) is 1.54. The summed E-state index contributed by atoms with van der Waals surface area (Å²) in [5, 5.41) is 0. The molecule has 1 aliphatic heterocycles. The van der Waals surface area contributed by atoms with Crippen molar-refractivity contribution in [1.29, 1.82) is 0 Å². The molecule has 3 atom stereocenters. The second-order valence-electron chi connectivity index (χ2n) is 4.56. The molecule has 0 saturated carbocycles. The third kappa shape index (κ3) is 2.69. The summed E-state index contributed by atoms with van der Waals surface area (Å²) >= 11 is 3.63. The molecule has 3 unspecified atom stereocenters. The highest BCUT2D eigenvalue weighted by molar-refractivity contribution is 9.09. The number of ether oxygens (including phenoxy) is 2. The standard InChI is InChI=1S/C14H18BrFO2/c1-3-13-11(6-7-18-13)14(15)10-5-4-9(17-2)8-12(10)16/h4-5,8,11,13-14H,3,6-7H2,1-2H3. The Morgan fingerprint density at radius 2 is 2.33 bits per heavy atom. The maximum absolute atomic E-state index is 14.0. The molecule has 18 heavy (non-hydrogen) atoms. The van der Waals surface area contributed by atoms with Crippen molar-refractivity contribution >= 4 is 15.9 Å². The van der Waals surface area contributed by atoms with Crippen molar-refractivity contribution in [3.8, 4) is 5.75 Å². The van der Waals surface area contributed by atoms with Crippen molar-refractivity contribution in [3.63, 3.8) is 0 Å². The lowest BCUT2D eigenvalue weighted by Gasteiger charge is -2.23. The second-order valence-corrected chi connectivity index (χ2v) is 5.55. The first-order valence-electron chi connectivity index (χ1n) is 6.26. The van der Waals surface area contributed by atoms with Crippen molar-refractivity contribution in [1.82, 2.24) is 0 Å². The maximum atomic E-state index is 14.0. The Bertz CT molecular complexity index is 411. The van der Waals surface area contributed by atoms with Gasteiger partial charge in [0.05, 0.1) is 13.2 Å². The summed E-state index contributed by atoms with van der Waals surface area (Å²) in [4.78, 5) is -0.00384. The normalized spacial score (nSPS) is 25.1.